The Hall–Kier alpha value is -2.25. The lowest BCUT2D eigenvalue weighted by Gasteiger charge is -2.10. The Morgan fingerprint density at radius 1 is 1.03 bits per heavy atom. The second kappa shape index (κ2) is 10.5. The van der Waals surface area contributed by atoms with Gasteiger partial charge in [0.2, 0.25) is 0 Å². The summed E-state index contributed by atoms with van der Waals surface area (Å²) in [5, 5.41) is 8.76. The molecule has 0 unspecified atom stereocenters. The maximum Gasteiger partial charge on any atom is 0.341 e. The molecule has 0 saturated heterocycles. The van der Waals surface area contributed by atoms with E-state index in [2.05, 4.69) is 84.1 Å². The van der Waals surface area contributed by atoms with Crippen LogP contribution in [0.4, 0.5) is 0 Å². The van der Waals surface area contributed by atoms with E-state index in [0.29, 0.717) is 5.75 Å². The van der Waals surface area contributed by atoms with Gasteiger partial charge in [0.25, 0.3) is 0 Å². The number of halogens is 1. The van der Waals surface area contributed by atoms with Crippen LogP contribution >= 0.6 is 34.4 Å². The average molecular weight is 516 g/mol. The molecule has 0 aliphatic carbocycles. The van der Waals surface area contributed by atoms with Crippen molar-refractivity contribution in [3.63, 3.8) is 0 Å². The number of hydrogen-bond acceptors (Lipinski definition) is 3. The Balaban J connectivity index is 1.76. The molecule has 0 aromatic heterocycles. The van der Waals surface area contributed by atoms with E-state index >= 15 is 0 Å². The number of carboxylic acids is 1. The summed E-state index contributed by atoms with van der Waals surface area (Å²) in [6.45, 7) is 1.78. The van der Waals surface area contributed by atoms with Gasteiger partial charge in [-0.3, -0.25) is 0 Å². The molecule has 148 valence electrons. The average Bonchev–Trinajstić information content (AvgIpc) is 2.71. The summed E-state index contributed by atoms with van der Waals surface area (Å²) < 4.78 is 6.20. The van der Waals surface area contributed by atoms with Gasteiger partial charge in [-0.05, 0) is 64.4 Å². The van der Waals surface area contributed by atoms with Crippen LogP contribution in [-0.2, 0) is 4.79 Å². The first-order chi connectivity index (χ1) is 14.0. The van der Waals surface area contributed by atoms with Crippen molar-refractivity contribution in [2.75, 3.05) is 12.4 Å². The first kappa shape index (κ1) is 21.5. The molecule has 0 atom stereocenters. The highest BCUT2D eigenvalue weighted by molar-refractivity contribution is 14.1. The maximum absolute atomic E-state index is 10.7. The van der Waals surface area contributed by atoms with Gasteiger partial charge in [-0.15, -0.1) is 11.8 Å². The van der Waals surface area contributed by atoms with Gasteiger partial charge in [-0.25, -0.2) is 4.79 Å². The zero-order valence-corrected chi connectivity index (χ0v) is 18.9. The SMILES string of the molecule is Cc1cccc(/C(=C\CSc2ccc(OCC(=O)O)c(I)c2)c2ccccc2)c1. The Morgan fingerprint density at radius 3 is 2.48 bits per heavy atom. The van der Waals surface area contributed by atoms with Crippen LogP contribution in [0.2, 0.25) is 0 Å². The minimum absolute atomic E-state index is 0.331. The number of aryl methyl sites for hydroxylation is 1. The second-order valence-electron chi connectivity index (χ2n) is 6.44. The Labute approximate surface area is 188 Å². The molecular weight excluding hydrogens is 495 g/mol. The van der Waals surface area contributed by atoms with E-state index in [1.807, 2.05) is 24.3 Å². The number of thioether (sulfide) groups is 1. The molecule has 29 heavy (non-hydrogen) atoms. The van der Waals surface area contributed by atoms with E-state index in [-0.39, 0.29) is 6.61 Å². The topological polar surface area (TPSA) is 46.5 Å². The predicted molar refractivity (Wildman–Crippen MR) is 128 cm³/mol. The minimum atomic E-state index is -0.978. The van der Waals surface area contributed by atoms with Crippen molar-refractivity contribution < 1.29 is 14.6 Å². The van der Waals surface area contributed by atoms with Crippen LogP contribution in [0.15, 0.2) is 83.8 Å². The molecule has 0 fully saturated rings. The molecule has 1 N–H and O–H groups in total. The maximum atomic E-state index is 10.7. The molecule has 5 heteroatoms. The number of carbonyl (C=O) groups is 1. The van der Waals surface area contributed by atoms with Gasteiger partial charge in [0, 0.05) is 10.6 Å². The molecular formula is C24H21IO3S. The fraction of sp³-hybridized carbons (Fsp3) is 0.125. The van der Waals surface area contributed by atoms with Gasteiger partial charge >= 0.3 is 5.97 Å². The highest BCUT2D eigenvalue weighted by Crippen LogP contribution is 2.29. The highest BCUT2D eigenvalue weighted by Gasteiger charge is 2.07. The summed E-state index contributed by atoms with van der Waals surface area (Å²) in [6.07, 6.45) is 2.26. The molecule has 0 bridgehead atoms. The smallest absolute Gasteiger partial charge is 0.341 e. The van der Waals surface area contributed by atoms with Crippen LogP contribution in [0.3, 0.4) is 0 Å². The summed E-state index contributed by atoms with van der Waals surface area (Å²) in [7, 11) is 0. The van der Waals surface area contributed by atoms with Crippen molar-refractivity contribution in [1.82, 2.24) is 0 Å². The van der Waals surface area contributed by atoms with Crippen molar-refractivity contribution in [3.8, 4) is 5.75 Å². The molecule has 0 amide bonds. The van der Waals surface area contributed by atoms with Crippen molar-refractivity contribution >= 4 is 45.9 Å². The lowest BCUT2D eigenvalue weighted by Crippen LogP contribution is -2.10. The Bertz CT molecular complexity index is 1020. The molecule has 3 rings (SSSR count). The molecule has 0 saturated carbocycles. The van der Waals surface area contributed by atoms with Crippen LogP contribution < -0.4 is 4.74 Å². The number of ether oxygens (including phenoxy) is 1. The van der Waals surface area contributed by atoms with Gasteiger partial charge in [0.1, 0.15) is 5.75 Å². The normalized spacial score (nSPS) is 11.3. The predicted octanol–water partition coefficient (Wildman–Crippen LogP) is 6.29. The van der Waals surface area contributed by atoms with Gasteiger partial charge in [0.15, 0.2) is 6.61 Å². The van der Waals surface area contributed by atoms with Crippen LogP contribution in [0.25, 0.3) is 5.57 Å². The van der Waals surface area contributed by atoms with Crippen molar-refractivity contribution in [2.45, 2.75) is 11.8 Å². The number of carboxylic acid groups (broad SMARTS) is 1. The minimum Gasteiger partial charge on any atom is -0.481 e. The van der Waals surface area contributed by atoms with E-state index in [4.69, 9.17) is 9.84 Å². The number of rotatable bonds is 8. The lowest BCUT2D eigenvalue weighted by atomic mass is 9.97. The zero-order chi connectivity index (χ0) is 20.6. The van der Waals surface area contributed by atoms with Crippen LogP contribution in [-0.4, -0.2) is 23.4 Å². The molecule has 3 nitrogen and oxygen atoms in total. The van der Waals surface area contributed by atoms with Gasteiger partial charge in [-0.2, -0.15) is 0 Å². The quantitative estimate of drug-likeness (QED) is 0.283. The highest BCUT2D eigenvalue weighted by atomic mass is 127. The third-order valence-corrected chi connectivity index (χ3v) is 5.97. The summed E-state index contributed by atoms with van der Waals surface area (Å²) in [5.74, 6) is 0.440. The summed E-state index contributed by atoms with van der Waals surface area (Å²) >= 11 is 3.91. The Kier molecular flexibility index (Phi) is 7.77. The first-order valence-electron chi connectivity index (χ1n) is 9.12. The fourth-order valence-electron chi connectivity index (χ4n) is 2.88. The van der Waals surface area contributed by atoms with Crippen LogP contribution in [0.5, 0.6) is 5.75 Å². The second-order valence-corrected chi connectivity index (χ2v) is 8.69. The van der Waals surface area contributed by atoms with E-state index in [0.717, 1.165) is 14.2 Å². The third kappa shape index (κ3) is 6.37. The summed E-state index contributed by atoms with van der Waals surface area (Å²) in [5.41, 5.74) is 4.87. The molecule has 0 spiro atoms. The van der Waals surface area contributed by atoms with Crippen molar-refractivity contribution in [2.24, 2.45) is 0 Å². The molecule has 0 aliphatic heterocycles. The zero-order valence-electron chi connectivity index (χ0n) is 16.0. The molecule has 0 radical (unpaired) electrons. The first-order valence-corrected chi connectivity index (χ1v) is 11.2. The largest absolute Gasteiger partial charge is 0.481 e. The van der Waals surface area contributed by atoms with E-state index in [9.17, 15) is 4.79 Å². The molecule has 0 heterocycles. The summed E-state index contributed by atoms with van der Waals surface area (Å²) in [6, 6.07) is 24.8. The van der Waals surface area contributed by atoms with E-state index < -0.39 is 5.97 Å². The monoisotopic (exact) mass is 516 g/mol. The van der Waals surface area contributed by atoms with Gasteiger partial charge < -0.3 is 9.84 Å². The molecule has 3 aromatic carbocycles. The van der Waals surface area contributed by atoms with E-state index in [1.54, 1.807) is 11.8 Å². The van der Waals surface area contributed by atoms with Crippen LogP contribution in [0, 0.1) is 10.5 Å². The fourth-order valence-corrected chi connectivity index (χ4v) is 4.57. The summed E-state index contributed by atoms with van der Waals surface area (Å²) in [4.78, 5) is 11.8. The number of benzene rings is 3. The number of aliphatic carboxylic acids is 1. The van der Waals surface area contributed by atoms with Gasteiger partial charge in [0.05, 0.1) is 3.57 Å². The molecule has 3 aromatic rings. The lowest BCUT2D eigenvalue weighted by molar-refractivity contribution is -0.139. The van der Waals surface area contributed by atoms with Crippen molar-refractivity contribution in [1.29, 1.82) is 0 Å². The number of hydrogen-bond donors (Lipinski definition) is 1. The van der Waals surface area contributed by atoms with Crippen molar-refractivity contribution in [3.05, 3.63) is 99.1 Å². The van der Waals surface area contributed by atoms with Crippen LogP contribution in [0.1, 0.15) is 16.7 Å². The third-order valence-electron chi connectivity index (χ3n) is 4.21. The Morgan fingerprint density at radius 2 is 1.79 bits per heavy atom. The standard InChI is InChI=1S/C24H21IO3S/c1-17-6-5-9-19(14-17)21(18-7-3-2-4-8-18)12-13-29-20-10-11-23(22(25)15-20)28-16-24(26)27/h2-12,14-15H,13,16H2,1H3,(H,26,27)/b21-12-. The molecule has 0 aliphatic rings. The van der Waals surface area contributed by atoms with E-state index in [1.165, 1.54) is 22.3 Å². The van der Waals surface area contributed by atoms with Gasteiger partial charge in [-0.1, -0.05) is 66.2 Å².